The number of carboxylic acids is 1. The molecule has 1 aliphatic heterocycles. The van der Waals surface area contributed by atoms with E-state index in [0.29, 0.717) is 6.54 Å². The lowest BCUT2D eigenvalue weighted by Gasteiger charge is -2.37. The van der Waals surface area contributed by atoms with Crippen molar-refractivity contribution in [1.82, 2.24) is 4.90 Å². The highest BCUT2D eigenvalue weighted by atomic mass is 16.4. The van der Waals surface area contributed by atoms with E-state index in [2.05, 4.69) is 27.7 Å². The highest BCUT2D eigenvalue weighted by Gasteiger charge is 2.69. The molecule has 19 heavy (non-hydrogen) atoms. The van der Waals surface area contributed by atoms with E-state index < -0.39 is 12.0 Å². The van der Waals surface area contributed by atoms with Gasteiger partial charge in [-0.25, -0.2) is 4.79 Å². The lowest BCUT2D eigenvalue weighted by Crippen LogP contribution is -2.52. The molecule has 2 aliphatic rings. The zero-order valence-corrected chi connectivity index (χ0v) is 12.6. The zero-order chi connectivity index (χ0) is 14.6. The number of likely N-dealkylation sites (tertiary alicyclic amines) is 1. The second-order valence-electron chi connectivity index (χ2n) is 7.31. The van der Waals surface area contributed by atoms with Crippen molar-refractivity contribution in [3.05, 3.63) is 0 Å². The van der Waals surface area contributed by atoms with Crippen molar-refractivity contribution >= 4 is 11.9 Å². The molecule has 1 aliphatic carbocycles. The van der Waals surface area contributed by atoms with Crippen LogP contribution in [0.2, 0.25) is 0 Å². The maximum Gasteiger partial charge on any atom is 0.326 e. The number of carbonyl (C=O) groups is 2. The number of piperidine rings is 1. The van der Waals surface area contributed by atoms with Gasteiger partial charge in [0.25, 0.3) is 0 Å². The molecule has 2 fully saturated rings. The summed E-state index contributed by atoms with van der Waals surface area (Å²) in [7, 11) is 0. The molecular formula is C15H25NO3. The van der Waals surface area contributed by atoms with Crippen LogP contribution in [0.4, 0.5) is 0 Å². The number of nitrogens with zero attached hydrogens (tertiary/aromatic N) is 1. The Kier molecular flexibility index (Phi) is 3.19. The van der Waals surface area contributed by atoms with Crippen LogP contribution >= 0.6 is 0 Å². The van der Waals surface area contributed by atoms with E-state index in [1.807, 2.05) is 6.92 Å². The van der Waals surface area contributed by atoms with Gasteiger partial charge in [0.2, 0.25) is 5.91 Å². The third-order valence-electron chi connectivity index (χ3n) is 5.74. The van der Waals surface area contributed by atoms with Gasteiger partial charge in [0.05, 0.1) is 0 Å². The first-order chi connectivity index (χ1) is 8.62. The van der Waals surface area contributed by atoms with E-state index in [0.717, 1.165) is 12.8 Å². The van der Waals surface area contributed by atoms with Crippen molar-refractivity contribution in [2.75, 3.05) is 6.54 Å². The van der Waals surface area contributed by atoms with Crippen LogP contribution in [0, 0.1) is 22.7 Å². The summed E-state index contributed by atoms with van der Waals surface area (Å²) in [6, 6.07) is -0.645. The Balaban J connectivity index is 2.21. The topological polar surface area (TPSA) is 57.6 Å². The Morgan fingerprint density at radius 1 is 1.16 bits per heavy atom. The number of carbonyl (C=O) groups excluding carboxylic acids is 1. The number of carboxylic acid groups (broad SMARTS) is 1. The Labute approximate surface area is 115 Å². The van der Waals surface area contributed by atoms with Gasteiger partial charge in [0.15, 0.2) is 0 Å². The van der Waals surface area contributed by atoms with Gasteiger partial charge in [-0.15, -0.1) is 0 Å². The molecule has 1 heterocycles. The van der Waals surface area contributed by atoms with Crippen molar-refractivity contribution in [1.29, 1.82) is 0 Å². The van der Waals surface area contributed by atoms with Gasteiger partial charge in [0, 0.05) is 12.5 Å². The van der Waals surface area contributed by atoms with Crippen molar-refractivity contribution < 1.29 is 14.7 Å². The van der Waals surface area contributed by atoms with Crippen molar-refractivity contribution in [2.24, 2.45) is 22.7 Å². The molecule has 2 unspecified atom stereocenters. The maximum atomic E-state index is 12.7. The van der Waals surface area contributed by atoms with Gasteiger partial charge in [-0.1, -0.05) is 34.6 Å². The zero-order valence-electron chi connectivity index (χ0n) is 12.6. The summed E-state index contributed by atoms with van der Waals surface area (Å²) in [4.78, 5) is 25.8. The molecule has 4 nitrogen and oxygen atoms in total. The summed E-state index contributed by atoms with van der Waals surface area (Å²) >= 11 is 0. The third kappa shape index (κ3) is 1.96. The molecule has 0 bridgehead atoms. The van der Waals surface area contributed by atoms with Gasteiger partial charge in [0.1, 0.15) is 6.04 Å². The van der Waals surface area contributed by atoms with Gasteiger partial charge in [-0.2, -0.15) is 0 Å². The van der Waals surface area contributed by atoms with Crippen LogP contribution < -0.4 is 0 Å². The van der Waals surface area contributed by atoms with E-state index >= 15 is 0 Å². The van der Waals surface area contributed by atoms with E-state index in [1.54, 1.807) is 4.90 Å². The number of amides is 1. The monoisotopic (exact) mass is 267 g/mol. The minimum Gasteiger partial charge on any atom is -0.480 e. The fourth-order valence-corrected chi connectivity index (χ4v) is 3.79. The molecule has 4 heteroatoms. The smallest absolute Gasteiger partial charge is 0.326 e. The summed E-state index contributed by atoms with van der Waals surface area (Å²) in [6.07, 6.45) is 1.79. The highest BCUT2D eigenvalue weighted by molar-refractivity contribution is 5.88. The van der Waals surface area contributed by atoms with E-state index in [-0.39, 0.29) is 28.6 Å². The minimum absolute atomic E-state index is 0.0339. The van der Waals surface area contributed by atoms with Crippen molar-refractivity contribution in [2.45, 2.75) is 53.5 Å². The van der Waals surface area contributed by atoms with E-state index in [9.17, 15) is 14.7 Å². The number of hydrogen-bond donors (Lipinski definition) is 1. The largest absolute Gasteiger partial charge is 0.480 e. The molecule has 2 atom stereocenters. The Morgan fingerprint density at radius 2 is 1.68 bits per heavy atom. The summed E-state index contributed by atoms with van der Waals surface area (Å²) < 4.78 is 0. The molecule has 0 spiro atoms. The quantitative estimate of drug-likeness (QED) is 0.835. The predicted molar refractivity (Wildman–Crippen MR) is 72.6 cm³/mol. The predicted octanol–water partition coefficient (Wildman–Crippen LogP) is 2.38. The molecule has 1 saturated heterocycles. The number of aliphatic carboxylic acids is 1. The molecule has 1 amide bonds. The van der Waals surface area contributed by atoms with Gasteiger partial charge < -0.3 is 10.0 Å². The Morgan fingerprint density at radius 3 is 2.11 bits per heavy atom. The van der Waals surface area contributed by atoms with E-state index in [4.69, 9.17) is 0 Å². The minimum atomic E-state index is -0.864. The van der Waals surface area contributed by atoms with Gasteiger partial charge in [-0.3, -0.25) is 4.79 Å². The maximum absolute atomic E-state index is 12.7. The van der Waals surface area contributed by atoms with Crippen LogP contribution in [-0.4, -0.2) is 34.5 Å². The van der Waals surface area contributed by atoms with Crippen LogP contribution in [0.1, 0.15) is 47.5 Å². The van der Waals surface area contributed by atoms with Crippen LogP contribution in [0.15, 0.2) is 0 Å². The fraction of sp³-hybridized carbons (Fsp3) is 0.867. The highest BCUT2D eigenvalue weighted by Crippen LogP contribution is 2.69. The summed E-state index contributed by atoms with van der Waals surface area (Å²) in [5.74, 6) is -0.835. The Bertz CT molecular complexity index is 400. The van der Waals surface area contributed by atoms with Crippen LogP contribution in [-0.2, 0) is 9.59 Å². The summed E-state index contributed by atoms with van der Waals surface area (Å²) in [6.45, 7) is 10.9. The summed E-state index contributed by atoms with van der Waals surface area (Å²) in [5.41, 5.74) is -0.0678. The van der Waals surface area contributed by atoms with Crippen LogP contribution in [0.25, 0.3) is 0 Å². The van der Waals surface area contributed by atoms with Crippen molar-refractivity contribution in [3.63, 3.8) is 0 Å². The standard InChI is InChI=1S/C15H25NO3/c1-9-7-6-8-16(10(9)13(18)19)12(17)11-14(2,3)15(11,4)5/h9-11H,6-8H2,1-5H3,(H,18,19). The molecule has 0 aromatic rings. The lowest BCUT2D eigenvalue weighted by molar-refractivity contribution is -0.155. The molecule has 1 saturated carbocycles. The summed E-state index contributed by atoms with van der Waals surface area (Å²) in [5, 5.41) is 9.40. The third-order valence-corrected chi connectivity index (χ3v) is 5.74. The average Bonchev–Trinajstić information content (AvgIpc) is 2.67. The molecule has 1 N–H and O–H groups in total. The second-order valence-corrected chi connectivity index (χ2v) is 7.31. The van der Waals surface area contributed by atoms with E-state index in [1.165, 1.54) is 0 Å². The first-order valence-corrected chi connectivity index (χ1v) is 7.15. The second kappa shape index (κ2) is 4.22. The average molecular weight is 267 g/mol. The lowest BCUT2D eigenvalue weighted by atomic mass is 9.90. The first kappa shape index (κ1) is 14.4. The molecule has 2 rings (SSSR count). The number of hydrogen-bond acceptors (Lipinski definition) is 2. The molecule has 0 aromatic heterocycles. The van der Waals surface area contributed by atoms with Crippen LogP contribution in [0.3, 0.4) is 0 Å². The fourth-order valence-electron chi connectivity index (χ4n) is 3.79. The van der Waals surface area contributed by atoms with Gasteiger partial charge >= 0.3 is 5.97 Å². The number of rotatable bonds is 2. The molecule has 0 aromatic carbocycles. The van der Waals surface area contributed by atoms with Crippen LogP contribution in [0.5, 0.6) is 0 Å². The normalized spacial score (nSPS) is 33.0. The SMILES string of the molecule is CC1CCCN(C(=O)C2C(C)(C)C2(C)C)C1C(=O)O. The molecule has 108 valence electrons. The molecular weight excluding hydrogens is 242 g/mol. The van der Waals surface area contributed by atoms with Gasteiger partial charge in [-0.05, 0) is 29.6 Å². The van der Waals surface area contributed by atoms with Crippen molar-refractivity contribution in [3.8, 4) is 0 Å². The molecule has 0 radical (unpaired) electrons. The first-order valence-electron chi connectivity index (χ1n) is 7.15. The Hall–Kier alpha value is -1.06.